The van der Waals surface area contributed by atoms with E-state index >= 15 is 0 Å². The number of pyridine rings is 1. The molecule has 0 spiro atoms. The van der Waals surface area contributed by atoms with E-state index in [1.165, 1.54) is 0 Å². The molecule has 1 atom stereocenters. The van der Waals surface area contributed by atoms with Gasteiger partial charge in [-0.25, -0.2) is 10.4 Å². The maximum absolute atomic E-state index is 5.61. The highest BCUT2D eigenvalue weighted by Gasteiger charge is 2.19. The third-order valence-corrected chi connectivity index (χ3v) is 2.55. The monoisotopic (exact) mass is 245 g/mol. The average Bonchev–Trinajstić information content (AvgIpc) is 2.40. The number of nitrogens with two attached hydrogens (primary N) is 1. The summed E-state index contributed by atoms with van der Waals surface area (Å²) in [7, 11) is 1.55. The summed E-state index contributed by atoms with van der Waals surface area (Å²) in [6.07, 6.45) is 6.70. The number of rotatable bonds is 4. The van der Waals surface area contributed by atoms with Crippen molar-refractivity contribution >= 4 is 0 Å². The smallest absolute Gasteiger partial charge is 0.237 e. The van der Waals surface area contributed by atoms with Crippen LogP contribution in [0.25, 0.3) is 0 Å². The van der Waals surface area contributed by atoms with Gasteiger partial charge < -0.3 is 4.74 Å². The van der Waals surface area contributed by atoms with Crippen molar-refractivity contribution in [1.29, 1.82) is 0 Å². The Kier molecular flexibility index (Phi) is 3.81. The largest absolute Gasteiger partial charge is 0.480 e. The molecule has 0 saturated carbocycles. The van der Waals surface area contributed by atoms with Crippen LogP contribution in [-0.2, 0) is 0 Å². The van der Waals surface area contributed by atoms with E-state index < -0.39 is 0 Å². The molecule has 0 fully saturated rings. The molecule has 0 aliphatic carbocycles. The van der Waals surface area contributed by atoms with Crippen molar-refractivity contribution < 1.29 is 4.74 Å². The van der Waals surface area contributed by atoms with E-state index in [1.807, 2.05) is 13.0 Å². The molecule has 6 nitrogen and oxygen atoms in total. The van der Waals surface area contributed by atoms with Gasteiger partial charge in [-0.05, 0) is 18.1 Å². The maximum atomic E-state index is 5.61. The SMILES string of the molecule is COc1nccnc1C(NN)c1cncc(C)c1. The molecule has 18 heavy (non-hydrogen) atoms. The zero-order valence-electron chi connectivity index (χ0n) is 10.3. The summed E-state index contributed by atoms with van der Waals surface area (Å²) in [5.74, 6) is 6.06. The lowest BCUT2D eigenvalue weighted by Gasteiger charge is -2.17. The van der Waals surface area contributed by atoms with E-state index in [-0.39, 0.29) is 6.04 Å². The predicted octanol–water partition coefficient (Wildman–Crippen LogP) is 0.741. The van der Waals surface area contributed by atoms with Crippen LogP contribution < -0.4 is 16.0 Å². The van der Waals surface area contributed by atoms with E-state index in [0.717, 1.165) is 11.1 Å². The number of hydrogen-bond donors (Lipinski definition) is 2. The molecule has 0 radical (unpaired) electrons. The molecule has 6 heteroatoms. The molecule has 2 aromatic rings. The van der Waals surface area contributed by atoms with E-state index in [2.05, 4.69) is 20.4 Å². The Morgan fingerprint density at radius 1 is 1.28 bits per heavy atom. The fourth-order valence-electron chi connectivity index (χ4n) is 1.76. The number of nitrogens with zero attached hydrogens (tertiary/aromatic N) is 3. The Labute approximate surface area is 105 Å². The number of nitrogens with one attached hydrogen (secondary N) is 1. The van der Waals surface area contributed by atoms with Gasteiger partial charge in [-0.2, -0.15) is 0 Å². The Balaban J connectivity index is 2.45. The lowest BCUT2D eigenvalue weighted by atomic mass is 10.1. The molecule has 0 aliphatic rings. The fraction of sp³-hybridized carbons (Fsp3) is 0.250. The van der Waals surface area contributed by atoms with Crippen molar-refractivity contribution in [2.75, 3.05) is 7.11 Å². The van der Waals surface area contributed by atoms with Crippen LogP contribution in [0, 0.1) is 6.92 Å². The summed E-state index contributed by atoms with van der Waals surface area (Å²) in [6.45, 7) is 1.97. The number of aromatic nitrogens is 3. The first-order valence-corrected chi connectivity index (χ1v) is 5.49. The van der Waals surface area contributed by atoms with E-state index in [9.17, 15) is 0 Å². The molecule has 0 bridgehead atoms. The molecule has 0 amide bonds. The molecule has 2 aromatic heterocycles. The van der Waals surface area contributed by atoms with E-state index in [1.54, 1.807) is 31.9 Å². The molecular weight excluding hydrogens is 230 g/mol. The van der Waals surface area contributed by atoms with Crippen LogP contribution in [-0.4, -0.2) is 22.1 Å². The van der Waals surface area contributed by atoms with Crippen LogP contribution in [0.5, 0.6) is 5.88 Å². The minimum absolute atomic E-state index is 0.305. The lowest BCUT2D eigenvalue weighted by Crippen LogP contribution is -2.30. The standard InChI is InChI=1S/C12H15N5O/c1-8-5-9(7-14-6-8)10(17-13)11-12(18-2)16-4-3-15-11/h3-7,10,17H,13H2,1-2H3. The lowest BCUT2D eigenvalue weighted by molar-refractivity contribution is 0.383. The Bertz CT molecular complexity index is 531. The number of ether oxygens (including phenoxy) is 1. The second-order valence-electron chi connectivity index (χ2n) is 3.85. The first kappa shape index (κ1) is 12.4. The molecule has 0 aromatic carbocycles. The summed E-state index contributed by atoms with van der Waals surface area (Å²) < 4.78 is 5.19. The van der Waals surface area contributed by atoms with Crippen LogP contribution in [0.1, 0.15) is 22.9 Å². The Morgan fingerprint density at radius 3 is 2.72 bits per heavy atom. The third-order valence-electron chi connectivity index (χ3n) is 2.55. The molecule has 1 unspecified atom stereocenters. The minimum Gasteiger partial charge on any atom is -0.480 e. The molecule has 0 aliphatic heterocycles. The minimum atomic E-state index is -0.305. The van der Waals surface area contributed by atoms with Gasteiger partial charge in [0.2, 0.25) is 5.88 Å². The summed E-state index contributed by atoms with van der Waals surface area (Å²) in [5, 5.41) is 0. The van der Waals surface area contributed by atoms with Crippen molar-refractivity contribution in [3.05, 3.63) is 47.7 Å². The number of hydrazine groups is 1. The van der Waals surface area contributed by atoms with Crippen molar-refractivity contribution in [2.24, 2.45) is 5.84 Å². The van der Waals surface area contributed by atoms with Gasteiger partial charge in [-0.1, -0.05) is 6.07 Å². The zero-order valence-corrected chi connectivity index (χ0v) is 10.3. The summed E-state index contributed by atoms with van der Waals surface area (Å²) >= 11 is 0. The van der Waals surface area contributed by atoms with Gasteiger partial charge in [-0.3, -0.25) is 15.8 Å². The van der Waals surface area contributed by atoms with Crippen molar-refractivity contribution in [3.63, 3.8) is 0 Å². The van der Waals surface area contributed by atoms with Crippen LogP contribution in [0.3, 0.4) is 0 Å². The van der Waals surface area contributed by atoms with Crippen molar-refractivity contribution in [3.8, 4) is 5.88 Å². The third kappa shape index (κ3) is 2.44. The second kappa shape index (κ2) is 5.52. The highest BCUT2D eigenvalue weighted by Crippen LogP contribution is 2.25. The van der Waals surface area contributed by atoms with Crippen molar-refractivity contribution in [2.45, 2.75) is 13.0 Å². The Hall–Kier alpha value is -2.05. The molecular formula is C12H15N5O. The molecule has 3 N–H and O–H groups in total. The highest BCUT2D eigenvalue weighted by atomic mass is 16.5. The topological polar surface area (TPSA) is 86.0 Å². The maximum Gasteiger partial charge on any atom is 0.237 e. The van der Waals surface area contributed by atoms with Gasteiger partial charge in [0, 0.05) is 24.8 Å². The first-order valence-electron chi connectivity index (χ1n) is 5.49. The van der Waals surface area contributed by atoms with Crippen LogP contribution in [0.2, 0.25) is 0 Å². The average molecular weight is 245 g/mol. The van der Waals surface area contributed by atoms with E-state index in [0.29, 0.717) is 11.6 Å². The molecule has 2 rings (SSSR count). The first-order chi connectivity index (χ1) is 8.76. The number of aryl methyl sites for hydroxylation is 1. The van der Waals surface area contributed by atoms with E-state index in [4.69, 9.17) is 10.6 Å². The van der Waals surface area contributed by atoms with Gasteiger partial charge in [0.15, 0.2) is 0 Å². The highest BCUT2D eigenvalue weighted by molar-refractivity contribution is 5.32. The quantitative estimate of drug-likeness (QED) is 0.610. The molecule has 2 heterocycles. The van der Waals surface area contributed by atoms with Gasteiger partial charge in [-0.15, -0.1) is 0 Å². The second-order valence-corrected chi connectivity index (χ2v) is 3.85. The summed E-state index contributed by atoms with van der Waals surface area (Å²) in [4.78, 5) is 12.5. The predicted molar refractivity (Wildman–Crippen MR) is 66.7 cm³/mol. The van der Waals surface area contributed by atoms with Crippen molar-refractivity contribution in [1.82, 2.24) is 20.4 Å². The molecule has 94 valence electrons. The number of hydrogen-bond acceptors (Lipinski definition) is 6. The van der Waals surface area contributed by atoms with Gasteiger partial charge >= 0.3 is 0 Å². The number of methoxy groups -OCH3 is 1. The Morgan fingerprint density at radius 2 is 2.06 bits per heavy atom. The fourth-order valence-corrected chi connectivity index (χ4v) is 1.76. The van der Waals surface area contributed by atoms with Gasteiger partial charge in [0.1, 0.15) is 5.69 Å². The van der Waals surface area contributed by atoms with Crippen LogP contribution in [0.15, 0.2) is 30.9 Å². The van der Waals surface area contributed by atoms with Crippen LogP contribution in [0.4, 0.5) is 0 Å². The molecule has 0 saturated heterocycles. The van der Waals surface area contributed by atoms with Crippen LogP contribution >= 0.6 is 0 Å². The normalized spacial score (nSPS) is 12.2. The van der Waals surface area contributed by atoms with Gasteiger partial charge in [0.05, 0.1) is 13.2 Å². The summed E-state index contributed by atoms with van der Waals surface area (Å²) in [5.41, 5.74) is 5.31. The summed E-state index contributed by atoms with van der Waals surface area (Å²) in [6, 6.07) is 1.69. The zero-order chi connectivity index (χ0) is 13.0. The van der Waals surface area contributed by atoms with Gasteiger partial charge in [0.25, 0.3) is 0 Å².